The number of rotatable bonds is 5. The lowest BCUT2D eigenvalue weighted by molar-refractivity contribution is 0.122. The Morgan fingerprint density at radius 3 is 2.68 bits per heavy atom. The minimum Gasteiger partial charge on any atom is -0.378 e. The quantitative estimate of drug-likeness (QED) is 0.857. The molecule has 0 atom stereocenters. The number of aromatic nitrogens is 2. The highest BCUT2D eigenvalue weighted by molar-refractivity contribution is 7.89. The summed E-state index contributed by atoms with van der Waals surface area (Å²) in [6.07, 6.45) is 0. The molecule has 25 heavy (non-hydrogen) atoms. The lowest BCUT2D eigenvalue weighted by Crippen LogP contribution is -2.37. The molecule has 1 aromatic heterocycles. The second kappa shape index (κ2) is 7.42. The van der Waals surface area contributed by atoms with Crippen LogP contribution in [0.3, 0.4) is 0 Å². The zero-order valence-electron chi connectivity index (χ0n) is 13.8. The summed E-state index contributed by atoms with van der Waals surface area (Å²) < 4.78 is 46.0. The summed E-state index contributed by atoms with van der Waals surface area (Å²) in [6.45, 7) is 4.35. The maximum atomic E-state index is 13.7. The van der Waals surface area contributed by atoms with Gasteiger partial charge in [-0.05, 0) is 25.1 Å². The van der Waals surface area contributed by atoms with E-state index in [0.717, 1.165) is 11.8 Å². The number of morpholine rings is 1. The highest BCUT2D eigenvalue weighted by Crippen LogP contribution is 2.15. The lowest BCUT2D eigenvalue weighted by atomic mass is 10.3. The summed E-state index contributed by atoms with van der Waals surface area (Å²) in [4.78, 5) is 10.4. The smallest absolute Gasteiger partial charge is 0.243 e. The maximum Gasteiger partial charge on any atom is 0.243 e. The third kappa shape index (κ3) is 4.30. The number of halogens is 1. The van der Waals surface area contributed by atoms with Gasteiger partial charge in [0.15, 0.2) is 0 Å². The van der Waals surface area contributed by atoms with Gasteiger partial charge in [0, 0.05) is 18.8 Å². The predicted molar refractivity (Wildman–Crippen MR) is 90.2 cm³/mol. The van der Waals surface area contributed by atoms with Crippen LogP contribution in [0.2, 0.25) is 0 Å². The highest BCUT2D eigenvalue weighted by Gasteiger charge is 2.19. The molecule has 0 unspecified atom stereocenters. The van der Waals surface area contributed by atoms with Crippen molar-refractivity contribution in [3.8, 4) is 0 Å². The third-order valence-corrected chi connectivity index (χ3v) is 5.19. The fourth-order valence-corrected chi connectivity index (χ4v) is 3.60. The lowest BCUT2D eigenvalue weighted by Gasteiger charge is -2.27. The van der Waals surface area contributed by atoms with E-state index in [4.69, 9.17) is 4.74 Å². The molecule has 0 amide bonds. The highest BCUT2D eigenvalue weighted by atomic mass is 32.2. The summed E-state index contributed by atoms with van der Waals surface area (Å²) in [6, 6.07) is 6.95. The van der Waals surface area contributed by atoms with Gasteiger partial charge in [-0.25, -0.2) is 27.5 Å². The van der Waals surface area contributed by atoms with Crippen molar-refractivity contribution in [3.63, 3.8) is 0 Å². The molecule has 134 valence electrons. The average Bonchev–Trinajstić information content (AvgIpc) is 2.61. The number of hydrogen-bond donors (Lipinski definition) is 1. The van der Waals surface area contributed by atoms with Crippen LogP contribution in [0.5, 0.6) is 0 Å². The van der Waals surface area contributed by atoms with E-state index in [0.29, 0.717) is 37.9 Å². The van der Waals surface area contributed by atoms with Crippen LogP contribution < -0.4 is 9.62 Å². The van der Waals surface area contributed by atoms with Gasteiger partial charge in [0.2, 0.25) is 16.0 Å². The number of nitrogens with one attached hydrogen (secondary N) is 1. The zero-order chi connectivity index (χ0) is 17.9. The number of anilines is 1. The van der Waals surface area contributed by atoms with Crippen LogP contribution in [-0.2, 0) is 21.3 Å². The number of nitrogens with zero attached hydrogens (tertiary/aromatic N) is 3. The molecule has 9 heteroatoms. The fraction of sp³-hybridized carbons (Fsp3) is 0.375. The Morgan fingerprint density at radius 1 is 1.24 bits per heavy atom. The van der Waals surface area contributed by atoms with Gasteiger partial charge in [0.25, 0.3) is 0 Å². The first-order valence-electron chi connectivity index (χ1n) is 7.87. The Labute approximate surface area is 145 Å². The van der Waals surface area contributed by atoms with E-state index in [1.165, 1.54) is 18.2 Å². The van der Waals surface area contributed by atoms with Crippen molar-refractivity contribution >= 4 is 16.0 Å². The van der Waals surface area contributed by atoms with Crippen molar-refractivity contribution < 1.29 is 17.5 Å². The van der Waals surface area contributed by atoms with Gasteiger partial charge in [-0.3, -0.25) is 0 Å². The molecule has 1 saturated heterocycles. The molecule has 2 aromatic rings. The number of ether oxygens (including phenoxy) is 1. The zero-order valence-corrected chi connectivity index (χ0v) is 14.6. The third-order valence-electron chi connectivity index (χ3n) is 3.76. The minimum absolute atomic E-state index is 0.0443. The van der Waals surface area contributed by atoms with Crippen molar-refractivity contribution in [2.24, 2.45) is 0 Å². The predicted octanol–water partition coefficient (Wildman–Crippen LogP) is 1.24. The summed E-state index contributed by atoms with van der Waals surface area (Å²) in [5.41, 5.74) is 1.26. The van der Waals surface area contributed by atoms with Crippen LogP contribution in [0.15, 0.2) is 35.2 Å². The Balaban J connectivity index is 1.77. The molecule has 2 heterocycles. The molecule has 0 aliphatic carbocycles. The van der Waals surface area contributed by atoms with E-state index in [1.807, 2.05) is 11.8 Å². The average molecular weight is 366 g/mol. The van der Waals surface area contributed by atoms with Gasteiger partial charge in [-0.15, -0.1) is 0 Å². The van der Waals surface area contributed by atoms with Crippen LogP contribution in [0.25, 0.3) is 0 Å². The van der Waals surface area contributed by atoms with Crippen LogP contribution in [-0.4, -0.2) is 44.7 Å². The molecule has 1 fully saturated rings. The van der Waals surface area contributed by atoms with E-state index in [-0.39, 0.29) is 11.4 Å². The van der Waals surface area contributed by atoms with Crippen molar-refractivity contribution in [1.29, 1.82) is 0 Å². The summed E-state index contributed by atoms with van der Waals surface area (Å²) in [5.74, 6) is -0.244. The molecular formula is C16H19FN4O3S. The van der Waals surface area contributed by atoms with Crippen molar-refractivity contribution in [2.75, 3.05) is 31.2 Å². The van der Waals surface area contributed by atoms with E-state index >= 15 is 0 Å². The van der Waals surface area contributed by atoms with Crippen molar-refractivity contribution in [3.05, 3.63) is 47.5 Å². The Hall–Kier alpha value is -2.10. The van der Waals surface area contributed by atoms with E-state index in [2.05, 4.69) is 14.7 Å². The van der Waals surface area contributed by atoms with Crippen molar-refractivity contribution in [2.45, 2.75) is 18.4 Å². The minimum atomic E-state index is -3.96. The standard InChI is InChI=1S/C16H19FN4O3S/c1-12-10-13(20-16(19-12)21-6-8-24-9-7-21)11-18-25(22,23)15-5-3-2-4-14(15)17/h2-5,10,18H,6-9,11H2,1H3. The molecule has 0 bridgehead atoms. The summed E-state index contributed by atoms with van der Waals surface area (Å²) >= 11 is 0. The molecule has 0 spiro atoms. The molecule has 1 aromatic carbocycles. The largest absolute Gasteiger partial charge is 0.378 e. The summed E-state index contributed by atoms with van der Waals surface area (Å²) in [5, 5.41) is 0. The maximum absolute atomic E-state index is 13.7. The first-order chi connectivity index (χ1) is 12.0. The van der Waals surface area contributed by atoms with Gasteiger partial charge in [0.05, 0.1) is 25.5 Å². The first-order valence-corrected chi connectivity index (χ1v) is 9.35. The molecule has 0 radical (unpaired) electrons. The summed E-state index contributed by atoms with van der Waals surface area (Å²) in [7, 11) is -3.96. The molecule has 7 nitrogen and oxygen atoms in total. The van der Waals surface area contributed by atoms with Crippen molar-refractivity contribution in [1.82, 2.24) is 14.7 Å². The molecule has 1 aliphatic rings. The van der Waals surface area contributed by atoms with Gasteiger partial charge in [-0.2, -0.15) is 0 Å². The number of sulfonamides is 1. The monoisotopic (exact) mass is 366 g/mol. The van der Waals surface area contributed by atoms with Crippen LogP contribution in [0.1, 0.15) is 11.4 Å². The second-order valence-corrected chi connectivity index (χ2v) is 7.39. The molecule has 3 rings (SSSR count). The molecular weight excluding hydrogens is 347 g/mol. The van der Waals surface area contributed by atoms with Crippen LogP contribution in [0.4, 0.5) is 10.3 Å². The van der Waals surface area contributed by atoms with E-state index in [1.54, 1.807) is 6.07 Å². The number of aryl methyl sites for hydroxylation is 1. The fourth-order valence-electron chi connectivity index (χ4n) is 2.52. The van der Waals surface area contributed by atoms with Gasteiger partial charge >= 0.3 is 0 Å². The van der Waals surface area contributed by atoms with Crippen LogP contribution >= 0.6 is 0 Å². The Kier molecular flexibility index (Phi) is 5.26. The molecule has 1 aliphatic heterocycles. The molecule has 0 saturated carbocycles. The van der Waals surface area contributed by atoms with Gasteiger partial charge < -0.3 is 9.64 Å². The van der Waals surface area contributed by atoms with Crippen LogP contribution in [0, 0.1) is 12.7 Å². The Bertz CT molecular complexity index is 854. The van der Waals surface area contributed by atoms with Gasteiger partial charge in [-0.1, -0.05) is 12.1 Å². The second-order valence-electron chi connectivity index (χ2n) is 5.66. The van der Waals surface area contributed by atoms with E-state index in [9.17, 15) is 12.8 Å². The topological polar surface area (TPSA) is 84.4 Å². The number of benzene rings is 1. The van der Waals surface area contributed by atoms with E-state index < -0.39 is 15.8 Å². The Morgan fingerprint density at radius 2 is 1.96 bits per heavy atom. The molecule has 1 N–H and O–H groups in total. The normalized spacial score (nSPS) is 15.4. The number of hydrogen-bond acceptors (Lipinski definition) is 6. The SMILES string of the molecule is Cc1cc(CNS(=O)(=O)c2ccccc2F)nc(N2CCOCC2)n1. The first kappa shape index (κ1) is 17.7. The van der Waals surface area contributed by atoms with Gasteiger partial charge in [0.1, 0.15) is 10.7 Å².